The van der Waals surface area contributed by atoms with Crippen LogP contribution in [0.5, 0.6) is 0 Å². The molecule has 1 fully saturated rings. The van der Waals surface area contributed by atoms with Crippen LogP contribution in [0.25, 0.3) is 0 Å². The van der Waals surface area contributed by atoms with Gasteiger partial charge in [0.15, 0.2) is 0 Å². The fraction of sp³-hybridized carbons (Fsp3) is 0.562. The first kappa shape index (κ1) is 15.9. The molecule has 0 spiro atoms. The fourth-order valence-corrected chi connectivity index (χ4v) is 2.92. The quantitative estimate of drug-likeness (QED) is 0.877. The number of hydrogen-bond acceptors (Lipinski definition) is 2. The van der Waals surface area contributed by atoms with E-state index >= 15 is 0 Å². The highest BCUT2D eigenvalue weighted by Gasteiger charge is 2.29. The van der Waals surface area contributed by atoms with Gasteiger partial charge in [0.1, 0.15) is 11.6 Å². The lowest BCUT2D eigenvalue weighted by atomic mass is 9.99. The monoisotopic (exact) mass is 296 g/mol. The van der Waals surface area contributed by atoms with Crippen LogP contribution in [0.4, 0.5) is 8.78 Å². The van der Waals surface area contributed by atoms with Gasteiger partial charge in [-0.3, -0.25) is 4.79 Å². The van der Waals surface area contributed by atoms with E-state index in [-0.39, 0.29) is 17.9 Å². The van der Waals surface area contributed by atoms with Crippen LogP contribution >= 0.6 is 0 Å². The van der Waals surface area contributed by atoms with Gasteiger partial charge in [0, 0.05) is 23.6 Å². The van der Waals surface area contributed by atoms with Crippen LogP contribution in [0.3, 0.4) is 0 Å². The summed E-state index contributed by atoms with van der Waals surface area (Å²) in [5.74, 6) is -1.40. The van der Waals surface area contributed by atoms with Gasteiger partial charge in [-0.15, -0.1) is 0 Å². The van der Waals surface area contributed by atoms with Crippen LogP contribution < -0.4 is 11.1 Å². The van der Waals surface area contributed by atoms with Crippen LogP contribution in [-0.4, -0.2) is 11.9 Å². The van der Waals surface area contributed by atoms with E-state index in [0.29, 0.717) is 18.4 Å². The normalized spacial score (nSPS) is 23.0. The summed E-state index contributed by atoms with van der Waals surface area (Å²) in [6.07, 6.45) is 3.72. The maximum absolute atomic E-state index is 13.9. The van der Waals surface area contributed by atoms with Crippen molar-refractivity contribution in [2.45, 2.75) is 51.1 Å². The Morgan fingerprint density at radius 3 is 2.76 bits per heavy atom. The second-order valence-corrected chi connectivity index (χ2v) is 5.79. The second-order valence-electron chi connectivity index (χ2n) is 5.79. The van der Waals surface area contributed by atoms with Gasteiger partial charge in [0.05, 0.1) is 6.04 Å². The predicted molar refractivity (Wildman–Crippen MR) is 77.5 cm³/mol. The van der Waals surface area contributed by atoms with E-state index in [9.17, 15) is 13.6 Å². The molecule has 1 aromatic rings. The number of amides is 1. The molecule has 3 N–H and O–H groups in total. The van der Waals surface area contributed by atoms with E-state index in [0.717, 1.165) is 25.3 Å². The van der Waals surface area contributed by atoms with Gasteiger partial charge in [-0.1, -0.05) is 19.4 Å². The minimum atomic E-state index is -0.614. The Morgan fingerprint density at radius 2 is 2.19 bits per heavy atom. The number of rotatable bonds is 5. The topological polar surface area (TPSA) is 55.1 Å². The third-order valence-electron chi connectivity index (χ3n) is 4.08. The molecule has 3 nitrogen and oxygen atoms in total. The maximum Gasteiger partial charge on any atom is 0.223 e. The molecule has 1 saturated carbocycles. The average molecular weight is 296 g/mol. The van der Waals surface area contributed by atoms with Crippen molar-refractivity contribution >= 4 is 5.91 Å². The molecule has 1 amide bonds. The van der Waals surface area contributed by atoms with Crippen molar-refractivity contribution < 1.29 is 13.6 Å². The van der Waals surface area contributed by atoms with E-state index in [1.54, 1.807) is 0 Å². The van der Waals surface area contributed by atoms with Gasteiger partial charge in [-0.25, -0.2) is 8.78 Å². The Labute approximate surface area is 123 Å². The molecule has 1 aliphatic carbocycles. The molecule has 1 aromatic carbocycles. The zero-order valence-corrected chi connectivity index (χ0v) is 12.2. The van der Waals surface area contributed by atoms with Gasteiger partial charge in [0.25, 0.3) is 0 Å². The van der Waals surface area contributed by atoms with E-state index in [2.05, 4.69) is 5.32 Å². The molecule has 0 aliphatic heterocycles. The molecule has 3 atom stereocenters. The molecular weight excluding hydrogens is 274 g/mol. The van der Waals surface area contributed by atoms with Crippen molar-refractivity contribution in [2.24, 2.45) is 11.7 Å². The third-order valence-corrected chi connectivity index (χ3v) is 4.08. The summed E-state index contributed by atoms with van der Waals surface area (Å²) < 4.78 is 26.9. The lowest BCUT2D eigenvalue weighted by molar-refractivity contribution is -0.125. The molecular formula is C16H22F2N2O. The summed E-state index contributed by atoms with van der Waals surface area (Å²) >= 11 is 0. The number of carbonyl (C=O) groups is 1. The molecule has 1 aliphatic rings. The Kier molecular flexibility index (Phi) is 5.28. The second kappa shape index (κ2) is 6.98. The lowest BCUT2D eigenvalue weighted by Crippen LogP contribution is -2.34. The zero-order chi connectivity index (χ0) is 15.4. The van der Waals surface area contributed by atoms with Gasteiger partial charge in [-0.05, 0) is 31.7 Å². The van der Waals surface area contributed by atoms with Crippen molar-refractivity contribution in [1.82, 2.24) is 5.32 Å². The number of benzene rings is 1. The van der Waals surface area contributed by atoms with Gasteiger partial charge in [0.2, 0.25) is 5.91 Å². The van der Waals surface area contributed by atoms with Crippen molar-refractivity contribution in [2.75, 3.05) is 0 Å². The standard InChI is InChI=1S/C16H22F2N2O/c1-2-3-15(13-7-5-11(17)9-14(13)18)20-16(21)10-4-6-12(19)8-10/h5,7,9-10,12,15H,2-4,6,8,19H2,1H3,(H,20,21). The van der Waals surface area contributed by atoms with Crippen LogP contribution in [-0.2, 0) is 4.79 Å². The van der Waals surface area contributed by atoms with Crippen LogP contribution in [0.1, 0.15) is 50.6 Å². The minimum Gasteiger partial charge on any atom is -0.349 e. The van der Waals surface area contributed by atoms with Crippen LogP contribution in [0.2, 0.25) is 0 Å². The Balaban J connectivity index is 2.09. The third kappa shape index (κ3) is 4.00. The molecule has 21 heavy (non-hydrogen) atoms. The number of nitrogens with one attached hydrogen (secondary N) is 1. The molecule has 0 bridgehead atoms. The Bertz CT molecular complexity index is 507. The van der Waals surface area contributed by atoms with Crippen LogP contribution in [0, 0.1) is 17.6 Å². The average Bonchev–Trinajstić information content (AvgIpc) is 2.85. The maximum atomic E-state index is 13.9. The first-order chi connectivity index (χ1) is 10.0. The minimum absolute atomic E-state index is 0.0768. The fourth-order valence-electron chi connectivity index (χ4n) is 2.92. The molecule has 116 valence electrons. The summed E-state index contributed by atoms with van der Waals surface area (Å²) in [5.41, 5.74) is 6.16. The molecule has 5 heteroatoms. The SMILES string of the molecule is CCCC(NC(=O)C1CCC(N)C1)c1ccc(F)cc1F. The molecule has 0 radical (unpaired) electrons. The molecule has 0 aromatic heterocycles. The number of carbonyl (C=O) groups excluding carboxylic acids is 1. The van der Waals surface area contributed by atoms with Gasteiger partial charge >= 0.3 is 0 Å². The lowest BCUT2D eigenvalue weighted by Gasteiger charge is -2.21. The summed E-state index contributed by atoms with van der Waals surface area (Å²) in [6.45, 7) is 1.96. The highest BCUT2D eigenvalue weighted by Crippen LogP contribution is 2.27. The van der Waals surface area contributed by atoms with Gasteiger partial charge in [-0.2, -0.15) is 0 Å². The highest BCUT2D eigenvalue weighted by atomic mass is 19.1. The molecule has 0 heterocycles. The smallest absolute Gasteiger partial charge is 0.223 e. The van der Waals surface area contributed by atoms with E-state index < -0.39 is 17.7 Å². The molecule has 3 unspecified atom stereocenters. The van der Waals surface area contributed by atoms with E-state index in [4.69, 9.17) is 5.73 Å². The predicted octanol–water partition coefficient (Wildman–Crippen LogP) is 3.05. The van der Waals surface area contributed by atoms with Crippen molar-refractivity contribution in [1.29, 1.82) is 0 Å². The van der Waals surface area contributed by atoms with E-state index in [1.165, 1.54) is 12.1 Å². The van der Waals surface area contributed by atoms with Gasteiger partial charge < -0.3 is 11.1 Å². The van der Waals surface area contributed by atoms with Crippen molar-refractivity contribution in [3.63, 3.8) is 0 Å². The molecule has 0 saturated heterocycles. The number of halogens is 2. The summed E-state index contributed by atoms with van der Waals surface area (Å²) in [4.78, 5) is 12.3. The Hall–Kier alpha value is -1.49. The summed E-state index contributed by atoms with van der Waals surface area (Å²) in [6, 6.07) is 3.15. The number of nitrogens with two attached hydrogens (primary N) is 1. The largest absolute Gasteiger partial charge is 0.349 e. The van der Waals surface area contributed by atoms with Crippen molar-refractivity contribution in [3.8, 4) is 0 Å². The van der Waals surface area contributed by atoms with Crippen molar-refractivity contribution in [3.05, 3.63) is 35.4 Å². The summed E-state index contributed by atoms with van der Waals surface area (Å²) in [7, 11) is 0. The van der Waals surface area contributed by atoms with E-state index in [1.807, 2.05) is 6.92 Å². The van der Waals surface area contributed by atoms with Crippen LogP contribution in [0.15, 0.2) is 18.2 Å². The first-order valence-corrected chi connectivity index (χ1v) is 7.52. The number of hydrogen-bond donors (Lipinski definition) is 2. The summed E-state index contributed by atoms with van der Waals surface area (Å²) in [5, 5.41) is 2.90. The zero-order valence-electron chi connectivity index (χ0n) is 12.2. The first-order valence-electron chi connectivity index (χ1n) is 7.52. The molecule has 2 rings (SSSR count). The highest BCUT2D eigenvalue weighted by molar-refractivity contribution is 5.79. The Morgan fingerprint density at radius 1 is 1.43 bits per heavy atom.